The van der Waals surface area contributed by atoms with Crippen molar-refractivity contribution in [2.75, 3.05) is 0 Å². The van der Waals surface area contributed by atoms with Crippen molar-refractivity contribution in [3.8, 4) is 0 Å². The third kappa shape index (κ3) is 6.40. The highest BCUT2D eigenvalue weighted by Crippen LogP contribution is 2.15. The SMILES string of the molecule is Cc1cccc(CC(=O)N(Cc2ccc(Cl)cc2)[C@@H](C)C(=O)NC(C)C)c1. The zero-order chi connectivity index (χ0) is 20.0. The average molecular weight is 387 g/mol. The minimum atomic E-state index is -0.569. The van der Waals surface area contributed by atoms with E-state index >= 15 is 0 Å². The molecule has 0 aliphatic carbocycles. The fraction of sp³-hybridized carbons (Fsp3) is 0.364. The van der Waals surface area contributed by atoms with Crippen LogP contribution < -0.4 is 5.32 Å². The van der Waals surface area contributed by atoms with Crippen molar-refractivity contribution in [1.29, 1.82) is 0 Å². The summed E-state index contributed by atoms with van der Waals surface area (Å²) >= 11 is 5.96. The third-order valence-corrected chi connectivity index (χ3v) is 4.55. The largest absolute Gasteiger partial charge is 0.352 e. The molecule has 2 aromatic carbocycles. The third-order valence-electron chi connectivity index (χ3n) is 4.30. The number of nitrogens with zero attached hydrogens (tertiary/aromatic N) is 1. The van der Waals surface area contributed by atoms with Crippen LogP contribution in [0, 0.1) is 6.92 Å². The number of rotatable bonds is 7. The number of benzene rings is 2. The van der Waals surface area contributed by atoms with E-state index in [1.54, 1.807) is 24.0 Å². The van der Waals surface area contributed by atoms with Crippen molar-refractivity contribution in [1.82, 2.24) is 10.2 Å². The summed E-state index contributed by atoms with van der Waals surface area (Å²) in [4.78, 5) is 27.2. The lowest BCUT2D eigenvalue weighted by Gasteiger charge is -2.29. The quantitative estimate of drug-likeness (QED) is 0.777. The van der Waals surface area contributed by atoms with Crippen LogP contribution in [0.25, 0.3) is 0 Å². The highest BCUT2D eigenvalue weighted by atomic mass is 35.5. The number of nitrogens with one attached hydrogen (secondary N) is 1. The first-order valence-electron chi connectivity index (χ1n) is 9.16. The predicted octanol–water partition coefficient (Wildman–Crippen LogP) is 4.13. The first-order valence-corrected chi connectivity index (χ1v) is 9.54. The lowest BCUT2D eigenvalue weighted by Crippen LogP contribution is -2.49. The molecular formula is C22H27ClN2O2. The van der Waals surface area contributed by atoms with Crippen LogP contribution in [0.3, 0.4) is 0 Å². The highest BCUT2D eigenvalue weighted by Gasteiger charge is 2.26. The van der Waals surface area contributed by atoms with Crippen molar-refractivity contribution in [2.45, 2.75) is 52.7 Å². The van der Waals surface area contributed by atoms with Gasteiger partial charge in [-0.05, 0) is 51.0 Å². The summed E-state index contributed by atoms with van der Waals surface area (Å²) in [5, 5.41) is 3.53. The molecule has 4 nitrogen and oxygen atoms in total. The van der Waals surface area contributed by atoms with E-state index < -0.39 is 6.04 Å². The molecule has 0 saturated carbocycles. The standard InChI is InChI=1S/C22H27ClN2O2/c1-15(2)24-22(27)17(4)25(14-18-8-10-20(23)11-9-18)21(26)13-19-7-5-6-16(3)12-19/h5-12,15,17H,13-14H2,1-4H3,(H,24,27)/t17-/m0/s1. The summed E-state index contributed by atoms with van der Waals surface area (Å²) in [7, 11) is 0. The maximum Gasteiger partial charge on any atom is 0.242 e. The molecule has 0 aliphatic heterocycles. The second-order valence-corrected chi connectivity index (χ2v) is 7.59. The summed E-state index contributed by atoms with van der Waals surface area (Å²) in [5.41, 5.74) is 2.98. The molecule has 0 bridgehead atoms. The fourth-order valence-corrected chi connectivity index (χ4v) is 3.00. The van der Waals surface area contributed by atoms with Crippen molar-refractivity contribution in [3.05, 3.63) is 70.2 Å². The molecule has 0 spiro atoms. The lowest BCUT2D eigenvalue weighted by atomic mass is 10.1. The molecule has 0 unspecified atom stereocenters. The van der Waals surface area contributed by atoms with Crippen LogP contribution in [-0.4, -0.2) is 28.8 Å². The second-order valence-electron chi connectivity index (χ2n) is 7.15. The predicted molar refractivity (Wildman–Crippen MR) is 110 cm³/mol. The topological polar surface area (TPSA) is 49.4 Å². The Bertz CT molecular complexity index is 787. The van der Waals surface area contributed by atoms with E-state index in [9.17, 15) is 9.59 Å². The van der Waals surface area contributed by atoms with E-state index in [1.165, 1.54) is 0 Å². The molecule has 5 heteroatoms. The van der Waals surface area contributed by atoms with E-state index in [1.807, 2.05) is 57.2 Å². The lowest BCUT2D eigenvalue weighted by molar-refractivity contribution is -0.140. The molecule has 0 fully saturated rings. The van der Waals surface area contributed by atoms with E-state index in [0.717, 1.165) is 16.7 Å². The van der Waals surface area contributed by atoms with Gasteiger partial charge in [0.15, 0.2) is 0 Å². The molecule has 0 saturated heterocycles. The van der Waals surface area contributed by atoms with Gasteiger partial charge in [0.2, 0.25) is 11.8 Å². The molecule has 2 rings (SSSR count). The summed E-state index contributed by atoms with van der Waals surface area (Å²) in [6.07, 6.45) is 0.259. The Morgan fingerprint density at radius 3 is 2.30 bits per heavy atom. The first-order chi connectivity index (χ1) is 12.8. The monoisotopic (exact) mass is 386 g/mol. The number of carbonyl (C=O) groups is 2. The van der Waals surface area contributed by atoms with Crippen molar-refractivity contribution < 1.29 is 9.59 Å². The summed E-state index contributed by atoms with van der Waals surface area (Å²) in [6.45, 7) is 7.93. The average Bonchev–Trinajstić information content (AvgIpc) is 2.60. The van der Waals surface area contributed by atoms with Gasteiger partial charge >= 0.3 is 0 Å². The Hall–Kier alpha value is -2.33. The number of carbonyl (C=O) groups excluding carboxylic acids is 2. The minimum absolute atomic E-state index is 0.0178. The van der Waals surface area contributed by atoms with Gasteiger partial charge in [0.1, 0.15) is 6.04 Å². The molecule has 2 amide bonds. The van der Waals surface area contributed by atoms with Gasteiger partial charge in [-0.3, -0.25) is 9.59 Å². The Labute approximate surface area is 166 Å². The number of hydrogen-bond acceptors (Lipinski definition) is 2. The molecule has 144 valence electrons. The number of halogens is 1. The van der Waals surface area contributed by atoms with Gasteiger partial charge in [-0.15, -0.1) is 0 Å². The number of aryl methyl sites for hydroxylation is 1. The zero-order valence-electron chi connectivity index (χ0n) is 16.3. The van der Waals surface area contributed by atoms with Gasteiger partial charge in [-0.1, -0.05) is 53.6 Å². The summed E-state index contributed by atoms with van der Waals surface area (Å²) in [6, 6.07) is 14.7. The van der Waals surface area contributed by atoms with Crippen molar-refractivity contribution >= 4 is 23.4 Å². The van der Waals surface area contributed by atoms with Crippen LogP contribution in [0.2, 0.25) is 5.02 Å². The maximum absolute atomic E-state index is 13.0. The number of hydrogen-bond donors (Lipinski definition) is 1. The molecule has 2 aromatic rings. The van der Waals surface area contributed by atoms with Gasteiger partial charge < -0.3 is 10.2 Å². The summed E-state index contributed by atoms with van der Waals surface area (Å²) in [5.74, 6) is -0.237. The Balaban J connectivity index is 2.22. The molecule has 0 heterocycles. The molecule has 0 aliphatic rings. The molecule has 1 atom stereocenters. The van der Waals surface area contributed by atoms with Gasteiger partial charge in [0.05, 0.1) is 6.42 Å². The minimum Gasteiger partial charge on any atom is -0.352 e. The maximum atomic E-state index is 13.0. The molecule has 1 N–H and O–H groups in total. The van der Waals surface area contributed by atoms with Crippen LogP contribution in [0.4, 0.5) is 0 Å². The van der Waals surface area contributed by atoms with Gasteiger partial charge in [-0.2, -0.15) is 0 Å². The second kappa shape index (κ2) is 9.56. The molecule has 0 aromatic heterocycles. The molecular weight excluding hydrogens is 360 g/mol. The Morgan fingerprint density at radius 2 is 1.70 bits per heavy atom. The highest BCUT2D eigenvalue weighted by molar-refractivity contribution is 6.30. The van der Waals surface area contributed by atoms with E-state index in [-0.39, 0.29) is 24.3 Å². The van der Waals surface area contributed by atoms with Crippen molar-refractivity contribution in [2.24, 2.45) is 0 Å². The van der Waals surface area contributed by atoms with Crippen LogP contribution in [0.5, 0.6) is 0 Å². The van der Waals surface area contributed by atoms with Crippen LogP contribution in [-0.2, 0) is 22.6 Å². The fourth-order valence-electron chi connectivity index (χ4n) is 2.87. The first kappa shape index (κ1) is 21.0. The van der Waals surface area contributed by atoms with Gasteiger partial charge in [0.25, 0.3) is 0 Å². The van der Waals surface area contributed by atoms with E-state index in [0.29, 0.717) is 11.6 Å². The molecule has 0 radical (unpaired) electrons. The smallest absolute Gasteiger partial charge is 0.242 e. The summed E-state index contributed by atoms with van der Waals surface area (Å²) < 4.78 is 0. The normalized spacial score (nSPS) is 11.9. The van der Waals surface area contributed by atoms with E-state index in [4.69, 9.17) is 11.6 Å². The van der Waals surface area contributed by atoms with Crippen LogP contribution >= 0.6 is 11.6 Å². The van der Waals surface area contributed by atoms with Crippen LogP contribution in [0.1, 0.15) is 37.5 Å². The Morgan fingerprint density at radius 1 is 1.04 bits per heavy atom. The van der Waals surface area contributed by atoms with Crippen molar-refractivity contribution in [3.63, 3.8) is 0 Å². The zero-order valence-corrected chi connectivity index (χ0v) is 17.1. The van der Waals surface area contributed by atoms with E-state index in [2.05, 4.69) is 5.32 Å². The number of amides is 2. The van der Waals surface area contributed by atoms with Gasteiger partial charge in [-0.25, -0.2) is 0 Å². The molecule has 27 heavy (non-hydrogen) atoms. The van der Waals surface area contributed by atoms with Gasteiger partial charge in [0, 0.05) is 17.6 Å². The Kier molecular flexibility index (Phi) is 7.43. The van der Waals surface area contributed by atoms with Crippen LogP contribution in [0.15, 0.2) is 48.5 Å².